The zero-order chi connectivity index (χ0) is 22.1. The summed E-state index contributed by atoms with van der Waals surface area (Å²) >= 11 is 0. The van der Waals surface area contributed by atoms with Crippen molar-refractivity contribution >= 4 is 16.9 Å². The highest BCUT2D eigenvalue weighted by Gasteiger charge is 2.42. The fourth-order valence-corrected chi connectivity index (χ4v) is 4.04. The monoisotopic (exact) mass is 421 g/mol. The van der Waals surface area contributed by atoms with Crippen LogP contribution >= 0.6 is 0 Å². The van der Waals surface area contributed by atoms with E-state index in [1.807, 2.05) is 57.2 Å². The van der Waals surface area contributed by atoms with Crippen LogP contribution in [0.4, 0.5) is 0 Å². The predicted molar refractivity (Wildman–Crippen MR) is 119 cm³/mol. The molecule has 0 saturated carbocycles. The molecule has 1 aromatic heterocycles. The van der Waals surface area contributed by atoms with E-state index in [0.29, 0.717) is 42.0 Å². The fourth-order valence-electron chi connectivity index (χ4n) is 4.04. The summed E-state index contributed by atoms with van der Waals surface area (Å²) in [6.07, 6.45) is 0.892. The van der Waals surface area contributed by atoms with Gasteiger partial charge in [0.25, 0.3) is 5.91 Å². The summed E-state index contributed by atoms with van der Waals surface area (Å²) in [5, 5.41) is 0.492. The molecule has 2 heterocycles. The van der Waals surface area contributed by atoms with Crippen LogP contribution in [-0.2, 0) is 4.74 Å². The average molecular weight is 421 g/mol. The van der Waals surface area contributed by atoms with Crippen LogP contribution in [-0.4, -0.2) is 37.7 Å². The van der Waals surface area contributed by atoms with Gasteiger partial charge in [0.05, 0.1) is 30.2 Å². The van der Waals surface area contributed by atoms with E-state index in [2.05, 4.69) is 0 Å². The molecule has 1 unspecified atom stereocenters. The third kappa shape index (κ3) is 3.72. The average Bonchev–Trinajstić information content (AvgIpc) is 3.04. The number of hydrogen-bond donors (Lipinski definition) is 0. The molecule has 4 rings (SSSR count). The Labute approximate surface area is 181 Å². The molecule has 0 fully saturated rings. The van der Waals surface area contributed by atoms with Gasteiger partial charge in [0.1, 0.15) is 11.3 Å². The van der Waals surface area contributed by atoms with Crippen LogP contribution in [0.25, 0.3) is 11.0 Å². The summed E-state index contributed by atoms with van der Waals surface area (Å²) in [6, 6.07) is 10.7. The summed E-state index contributed by atoms with van der Waals surface area (Å²) in [7, 11) is 1.59. The third-order valence-corrected chi connectivity index (χ3v) is 5.77. The van der Waals surface area contributed by atoms with Crippen molar-refractivity contribution < 1.29 is 18.7 Å². The van der Waals surface area contributed by atoms with Crippen LogP contribution in [0.5, 0.6) is 5.75 Å². The van der Waals surface area contributed by atoms with Crippen LogP contribution in [0.3, 0.4) is 0 Å². The Bertz CT molecular complexity index is 1200. The maximum Gasteiger partial charge on any atom is 0.290 e. The van der Waals surface area contributed by atoms with Gasteiger partial charge in [-0.1, -0.05) is 19.1 Å². The second-order valence-electron chi connectivity index (χ2n) is 7.92. The van der Waals surface area contributed by atoms with Crippen molar-refractivity contribution in [1.29, 1.82) is 0 Å². The molecular weight excluding hydrogens is 394 g/mol. The largest absolute Gasteiger partial charge is 0.494 e. The quantitative estimate of drug-likeness (QED) is 0.566. The first kappa shape index (κ1) is 21.1. The maximum absolute atomic E-state index is 13.6. The number of rotatable bonds is 7. The van der Waals surface area contributed by atoms with E-state index in [-0.39, 0.29) is 17.1 Å². The summed E-state index contributed by atoms with van der Waals surface area (Å²) in [5.41, 5.74) is 3.48. The lowest BCUT2D eigenvalue weighted by atomic mass is 9.97. The Hall–Kier alpha value is -3.12. The van der Waals surface area contributed by atoms with Crippen molar-refractivity contribution in [2.24, 2.45) is 0 Å². The number of aryl methyl sites for hydroxylation is 2. The predicted octanol–water partition coefficient (Wildman–Crippen LogP) is 4.39. The number of hydrogen-bond acceptors (Lipinski definition) is 5. The molecule has 1 atom stereocenters. The lowest BCUT2D eigenvalue weighted by Gasteiger charge is -2.25. The topological polar surface area (TPSA) is 69.0 Å². The van der Waals surface area contributed by atoms with Gasteiger partial charge in [0.15, 0.2) is 5.43 Å². The molecule has 0 spiro atoms. The van der Waals surface area contributed by atoms with Crippen LogP contribution in [0.15, 0.2) is 45.6 Å². The number of amides is 1. The number of ether oxygens (including phenoxy) is 2. The smallest absolute Gasteiger partial charge is 0.290 e. The Morgan fingerprint density at radius 1 is 1.06 bits per heavy atom. The fraction of sp³-hybridized carbons (Fsp3) is 0.360. The number of carbonyl (C=O) groups is 1. The molecule has 0 radical (unpaired) electrons. The minimum Gasteiger partial charge on any atom is -0.494 e. The van der Waals surface area contributed by atoms with Crippen LogP contribution < -0.4 is 10.2 Å². The number of benzene rings is 2. The standard InChI is InChI=1S/C25H27NO5/c1-5-10-30-18-8-6-7-17(14-18)22-21-23(27)19-12-15(2)16(3)13-20(19)31-24(21)25(28)26(22)9-11-29-4/h6-8,12-14,22H,5,9-11H2,1-4H3. The first-order valence-corrected chi connectivity index (χ1v) is 10.6. The van der Waals surface area contributed by atoms with Crippen LogP contribution in [0.1, 0.15) is 52.2 Å². The van der Waals surface area contributed by atoms with E-state index in [9.17, 15) is 9.59 Å². The molecule has 0 bridgehead atoms. The van der Waals surface area contributed by atoms with E-state index < -0.39 is 6.04 Å². The van der Waals surface area contributed by atoms with Crippen molar-refractivity contribution in [3.05, 3.63) is 74.6 Å². The van der Waals surface area contributed by atoms with Gasteiger partial charge < -0.3 is 18.8 Å². The van der Waals surface area contributed by atoms with Gasteiger partial charge in [-0.3, -0.25) is 9.59 Å². The molecule has 1 amide bonds. The summed E-state index contributed by atoms with van der Waals surface area (Å²) in [5.74, 6) is 0.527. The molecule has 162 valence electrons. The normalized spacial score (nSPS) is 15.5. The minimum atomic E-state index is -0.551. The number of nitrogens with zero attached hydrogens (tertiary/aromatic N) is 1. The molecule has 6 nitrogen and oxygen atoms in total. The van der Waals surface area contributed by atoms with Gasteiger partial charge in [-0.05, 0) is 61.2 Å². The molecular formula is C25H27NO5. The van der Waals surface area contributed by atoms with E-state index >= 15 is 0 Å². The second kappa shape index (κ2) is 8.55. The molecule has 2 aromatic carbocycles. The third-order valence-electron chi connectivity index (χ3n) is 5.77. The van der Waals surface area contributed by atoms with Crippen molar-refractivity contribution in [3.63, 3.8) is 0 Å². The lowest BCUT2D eigenvalue weighted by molar-refractivity contribution is 0.0663. The highest BCUT2D eigenvalue weighted by Crippen LogP contribution is 2.39. The first-order valence-electron chi connectivity index (χ1n) is 10.6. The number of methoxy groups -OCH3 is 1. The second-order valence-corrected chi connectivity index (χ2v) is 7.92. The van der Waals surface area contributed by atoms with Crippen molar-refractivity contribution in [3.8, 4) is 5.75 Å². The van der Waals surface area contributed by atoms with E-state index in [0.717, 1.165) is 23.1 Å². The zero-order valence-electron chi connectivity index (χ0n) is 18.4. The van der Waals surface area contributed by atoms with Gasteiger partial charge in [-0.25, -0.2) is 0 Å². The summed E-state index contributed by atoms with van der Waals surface area (Å²) in [4.78, 5) is 28.5. The molecule has 0 N–H and O–H groups in total. The van der Waals surface area contributed by atoms with Crippen molar-refractivity contribution in [2.75, 3.05) is 26.9 Å². The van der Waals surface area contributed by atoms with Gasteiger partial charge in [0.2, 0.25) is 5.76 Å². The van der Waals surface area contributed by atoms with Crippen LogP contribution in [0, 0.1) is 13.8 Å². The Balaban J connectivity index is 1.91. The Kier molecular flexibility index (Phi) is 5.83. The number of carbonyl (C=O) groups excluding carboxylic acids is 1. The van der Waals surface area contributed by atoms with Gasteiger partial charge in [0, 0.05) is 13.7 Å². The van der Waals surface area contributed by atoms with E-state index in [4.69, 9.17) is 13.9 Å². The lowest BCUT2D eigenvalue weighted by Crippen LogP contribution is -2.32. The zero-order valence-corrected chi connectivity index (χ0v) is 18.4. The maximum atomic E-state index is 13.6. The number of fused-ring (bicyclic) bond motifs is 2. The highest BCUT2D eigenvalue weighted by molar-refractivity contribution is 5.99. The molecule has 1 aliphatic rings. The Morgan fingerprint density at radius 2 is 1.84 bits per heavy atom. The molecule has 0 aliphatic carbocycles. The molecule has 1 aliphatic heterocycles. The van der Waals surface area contributed by atoms with E-state index in [1.165, 1.54) is 0 Å². The Morgan fingerprint density at radius 3 is 2.58 bits per heavy atom. The molecule has 31 heavy (non-hydrogen) atoms. The minimum absolute atomic E-state index is 0.113. The van der Waals surface area contributed by atoms with Gasteiger partial charge in [-0.15, -0.1) is 0 Å². The summed E-state index contributed by atoms with van der Waals surface area (Å²) < 4.78 is 17.0. The highest BCUT2D eigenvalue weighted by atomic mass is 16.5. The van der Waals surface area contributed by atoms with Crippen LogP contribution in [0.2, 0.25) is 0 Å². The van der Waals surface area contributed by atoms with Crippen molar-refractivity contribution in [2.45, 2.75) is 33.2 Å². The molecule has 6 heteroatoms. The van der Waals surface area contributed by atoms with Gasteiger partial charge >= 0.3 is 0 Å². The van der Waals surface area contributed by atoms with Gasteiger partial charge in [-0.2, -0.15) is 0 Å². The SMILES string of the molecule is CCCOc1cccc(C2c3c(oc4cc(C)c(C)cc4c3=O)C(=O)N2CCOC)c1. The van der Waals surface area contributed by atoms with Crippen molar-refractivity contribution in [1.82, 2.24) is 4.90 Å². The van der Waals surface area contributed by atoms with E-state index in [1.54, 1.807) is 12.0 Å². The summed E-state index contributed by atoms with van der Waals surface area (Å²) in [6.45, 7) is 7.26. The first-order chi connectivity index (χ1) is 15.0. The molecule has 0 saturated heterocycles. The molecule has 3 aromatic rings.